The minimum atomic E-state index is -0.0956. The van der Waals surface area contributed by atoms with Crippen molar-refractivity contribution in [2.45, 2.75) is 43.9 Å². The fourth-order valence-electron chi connectivity index (χ4n) is 11.8. The first kappa shape index (κ1) is 31.4. The number of para-hydroxylation sites is 4. The highest BCUT2D eigenvalue weighted by Gasteiger charge is 2.53. The number of hydrogen-bond donors (Lipinski definition) is 0. The summed E-state index contributed by atoms with van der Waals surface area (Å²) in [7, 11) is 0. The van der Waals surface area contributed by atoms with Gasteiger partial charge in [-0.3, -0.25) is 4.57 Å². The molecule has 0 aliphatic heterocycles. The van der Waals surface area contributed by atoms with Crippen LogP contribution in [0.25, 0.3) is 88.6 Å². The van der Waals surface area contributed by atoms with Crippen molar-refractivity contribution in [2.75, 3.05) is 0 Å². The van der Waals surface area contributed by atoms with Gasteiger partial charge in [0.05, 0.1) is 44.8 Å². The van der Waals surface area contributed by atoms with E-state index in [0.717, 1.165) is 109 Å². The maximum Gasteiger partial charge on any atom is 0.238 e. The quantitative estimate of drug-likeness (QED) is 0.180. The molecule has 14 rings (SSSR count). The summed E-state index contributed by atoms with van der Waals surface area (Å²) < 4.78 is 11.0. The van der Waals surface area contributed by atoms with Crippen LogP contribution in [0.15, 0.2) is 132 Å². The third-order valence-corrected chi connectivity index (χ3v) is 13.7. The minimum absolute atomic E-state index is 0.0956. The van der Waals surface area contributed by atoms with Gasteiger partial charge in [0.1, 0.15) is 17.0 Å². The van der Waals surface area contributed by atoms with Crippen LogP contribution < -0.4 is 0 Å². The molecule has 6 aromatic carbocycles. The van der Waals surface area contributed by atoms with Gasteiger partial charge in [0.15, 0.2) is 5.82 Å². The van der Waals surface area contributed by atoms with Gasteiger partial charge in [0.2, 0.25) is 5.95 Å². The van der Waals surface area contributed by atoms with Gasteiger partial charge in [-0.15, -0.1) is 0 Å². The molecular formula is C50H36N6O. The molecule has 57 heavy (non-hydrogen) atoms. The molecular weight excluding hydrogens is 701 g/mol. The summed E-state index contributed by atoms with van der Waals surface area (Å²) in [6.07, 6.45) is 7.36. The summed E-state index contributed by atoms with van der Waals surface area (Å²) >= 11 is 0. The summed E-state index contributed by atoms with van der Waals surface area (Å²) in [6, 6.07) is 46.7. The molecule has 272 valence electrons. The number of hydrogen-bond acceptors (Lipinski definition) is 5. The van der Waals surface area contributed by atoms with Crippen molar-refractivity contribution in [3.63, 3.8) is 0 Å². The molecule has 7 heteroatoms. The molecule has 0 saturated heterocycles. The number of nitrogens with zero attached hydrogens (tertiary/aromatic N) is 6. The van der Waals surface area contributed by atoms with Gasteiger partial charge < -0.3 is 8.98 Å². The molecule has 10 aromatic rings. The Hall–Kier alpha value is -6.78. The molecule has 4 aliphatic rings. The van der Waals surface area contributed by atoms with Crippen molar-refractivity contribution in [3.8, 4) is 29.1 Å². The Kier molecular flexibility index (Phi) is 6.28. The number of rotatable bonds is 4. The molecule has 4 heterocycles. The normalized spacial score (nSPS) is 21.5. The average Bonchev–Trinajstić information content (AvgIpc) is 3.90. The maximum atomic E-state index is 10.4. The lowest BCUT2D eigenvalue weighted by molar-refractivity contribution is -0.00944. The van der Waals surface area contributed by atoms with E-state index < -0.39 is 0 Å². The van der Waals surface area contributed by atoms with Crippen molar-refractivity contribution < 1.29 is 4.42 Å². The largest absolute Gasteiger partial charge is 0.456 e. The van der Waals surface area contributed by atoms with E-state index in [1.54, 1.807) is 0 Å². The van der Waals surface area contributed by atoms with Crippen molar-refractivity contribution in [1.82, 2.24) is 24.1 Å². The monoisotopic (exact) mass is 736 g/mol. The third kappa shape index (κ3) is 4.38. The highest BCUT2D eigenvalue weighted by atomic mass is 16.3. The molecule has 0 amide bonds. The first-order chi connectivity index (χ1) is 28.1. The molecule has 0 atom stereocenters. The van der Waals surface area contributed by atoms with Crippen LogP contribution in [-0.4, -0.2) is 24.1 Å². The summed E-state index contributed by atoms with van der Waals surface area (Å²) in [4.78, 5) is 16.6. The molecule has 4 aromatic heterocycles. The van der Waals surface area contributed by atoms with Crippen LogP contribution in [0.1, 0.15) is 49.9 Å². The average molecular weight is 737 g/mol. The summed E-state index contributed by atoms with van der Waals surface area (Å²) in [5.74, 6) is 4.28. The maximum absolute atomic E-state index is 10.4. The third-order valence-electron chi connectivity index (χ3n) is 13.7. The van der Waals surface area contributed by atoms with Crippen molar-refractivity contribution >= 4 is 65.6 Å². The zero-order chi connectivity index (χ0) is 37.4. The molecule has 0 spiro atoms. The van der Waals surface area contributed by atoms with Gasteiger partial charge in [0.25, 0.3) is 0 Å². The number of furan rings is 1. The van der Waals surface area contributed by atoms with E-state index >= 15 is 0 Å². The molecule has 7 nitrogen and oxygen atoms in total. The summed E-state index contributed by atoms with van der Waals surface area (Å²) in [5, 5.41) is 17.2. The van der Waals surface area contributed by atoms with E-state index in [1.165, 1.54) is 30.0 Å². The zero-order valence-electron chi connectivity index (χ0n) is 31.2. The Labute approximate surface area is 327 Å². The Morgan fingerprint density at radius 1 is 0.579 bits per heavy atom. The van der Waals surface area contributed by atoms with E-state index in [1.807, 2.05) is 24.3 Å². The summed E-state index contributed by atoms with van der Waals surface area (Å²) in [5.41, 5.74) is 8.11. The second-order valence-corrected chi connectivity index (χ2v) is 17.0. The van der Waals surface area contributed by atoms with Crippen LogP contribution in [0.4, 0.5) is 0 Å². The molecule has 4 bridgehead atoms. The molecule has 4 aliphatic carbocycles. The zero-order valence-corrected chi connectivity index (χ0v) is 31.2. The van der Waals surface area contributed by atoms with Gasteiger partial charge >= 0.3 is 0 Å². The second kappa shape index (κ2) is 11.4. The second-order valence-electron chi connectivity index (χ2n) is 17.0. The van der Waals surface area contributed by atoms with Crippen molar-refractivity contribution in [2.24, 2.45) is 17.8 Å². The first-order valence-corrected chi connectivity index (χ1v) is 20.3. The number of benzene rings is 6. The fraction of sp³-hybridized carbons (Fsp3) is 0.200. The fourth-order valence-corrected chi connectivity index (χ4v) is 11.8. The van der Waals surface area contributed by atoms with Crippen molar-refractivity contribution in [3.05, 3.63) is 139 Å². The highest BCUT2D eigenvalue weighted by Crippen LogP contribution is 2.60. The van der Waals surface area contributed by atoms with E-state index in [9.17, 15) is 5.26 Å². The van der Waals surface area contributed by atoms with Crippen LogP contribution in [0, 0.1) is 29.1 Å². The SMILES string of the molecule is N#Cc1ccc(-n2c3ccccc3c3ccc4oc5ccccc5c4c32)c(-c2nc(-n3c4ccccc4c4ccccc43)nc(C34CC5CC(CC(C5)C3)C4)n2)c1. The summed E-state index contributed by atoms with van der Waals surface area (Å²) in [6.45, 7) is 0. The smallest absolute Gasteiger partial charge is 0.238 e. The van der Waals surface area contributed by atoms with E-state index in [0.29, 0.717) is 17.3 Å². The first-order valence-electron chi connectivity index (χ1n) is 20.3. The number of aromatic nitrogens is 5. The van der Waals surface area contributed by atoms with Gasteiger partial charge in [-0.25, -0.2) is 4.98 Å². The topological polar surface area (TPSA) is 85.5 Å². The number of nitriles is 1. The molecule has 0 unspecified atom stereocenters. The van der Waals surface area contributed by atoms with E-state index in [4.69, 9.17) is 19.4 Å². The van der Waals surface area contributed by atoms with E-state index in [-0.39, 0.29) is 5.41 Å². The lowest BCUT2D eigenvalue weighted by atomic mass is 9.49. The minimum Gasteiger partial charge on any atom is -0.456 e. The standard InChI is InChI=1S/C50H36N6O/c51-28-29-17-19-42(55-39-13-5-3-11-35(39)36-18-20-44-45(46(36)55)37-12-4-8-16-43(37)57-44)38(24-29)47-52-48(50-25-30-21-31(26-50)23-32(22-30)27-50)54-49(53-47)56-40-14-6-1-9-33(40)34-10-2-7-15-41(34)56/h1-20,24,30-32H,21-23,25-27H2. The number of fused-ring (bicyclic) bond motifs is 10. The highest BCUT2D eigenvalue weighted by molar-refractivity contribution is 6.24. The van der Waals surface area contributed by atoms with Crippen LogP contribution >= 0.6 is 0 Å². The molecule has 4 fully saturated rings. The predicted octanol–water partition coefficient (Wildman–Crippen LogP) is 12.0. The van der Waals surface area contributed by atoms with Crippen LogP contribution in [0.2, 0.25) is 0 Å². The Balaban J connectivity index is 1.15. The van der Waals surface area contributed by atoms with Gasteiger partial charge in [-0.2, -0.15) is 15.2 Å². The van der Waals surface area contributed by atoms with Gasteiger partial charge in [-0.1, -0.05) is 72.8 Å². The van der Waals surface area contributed by atoms with E-state index in [2.05, 4.69) is 118 Å². The predicted molar refractivity (Wildman–Crippen MR) is 226 cm³/mol. The van der Waals surface area contributed by atoms with Gasteiger partial charge in [0, 0.05) is 37.9 Å². The Morgan fingerprint density at radius 2 is 1.18 bits per heavy atom. The molecule has 0 radical (unpaired) electrons. The Bertz CT molecular complexity index is 3290. The van der Waals surface area contributed by atoms with Gasteiger partial charge in [-0.05, 0) is 111 Å². The van der Waals surface area contributed by atoms with Crippen LogP contribution in [0.3, 0.4) is 0 Å². The molecule has 4 saturated carbocycles. The lowest BCUT2D eigenvalue weighted by Gasteiger charge is -2.55. The van der Waals surface area contributed by atoms with Crippen molar-refractivity contribution in [1.29, 1.82) is 5.26 Å². The Morgan fingerprint density at radius 3 is 1.84 bits per heavy atom. The van der Waals surface area contributed by atoms with Crippen LogP contribution in [-0.2, 0) is 5.41 Å². The lowest BCUT2D eigenvalue weighted by Crippen LogP contribution is -2.49. The van der Waals surface area contributed by atoms with Crippen LogP contribution in [0.5, 0.6) is 0 Å². The molecule has 0 N–H and O–H groups in total.